The zero-order valence-corrected chi connectivity index (χ0v) is 8.73. The average molecular weight is 195 g/mol. The van der Waals surface area contributed by atoms with E-state index in [1.54, 1.807) is 0 Å². The zero-order chi connectivity index (χ0) is 9.97. The van der Waals surface area contributed by atoms with Gasteiger partial charge in [-0.05, 0) is 13.8 Å². The van der Waals surface area contributed by atoms with Crippen LogP contribution in [-0.4, -0.2) is 29.0 Å². The predicted molar refractivity (Wildman–Crippen MR) is 54.1 cm³/mol. The zero-order valence-electron chi connectivity index (χ0n) is 8.73. The molecule has 1 aliphatic rings. The fraction of sp³-hybridized carbons (Fsp3) is 0.700. The highest BCUT2D eigenvalue weighted by Crippen LogP contribution is 2.06. The summed E-state index contributed by atoms with van der Waals surface area (Å²) in [5.74, 6) is 0. The lowest BCUT2D eigenvalue weighted by atomic mass is 10.2. The highest BCUT2D eigenvalue weighted by Gasteiger charge is 2.17. The van der Waals surface area contributed by atoms with Crippen molar-refractivity contribution < 1.29 is 4.74 Å². The second-order valence-electron chi connectivity index (χ2n) is 4.04. The molecular weight excluding hydrogens is 178 g/mol. The number of nitrogens with one attached hydrogen (secondary N) is 1. The molecule has 4 heteroatoms. The van der Waals surface area contributed by atoms with E-state index < -0.39 is 0 Å². The van der Waals surface area contributed by atoms with Crippen LogP contribution in [0, 0.1) is 0 Å². The molecule has 4 nitrogen and oxygen atoms in total. The van der Waals surface area contributed by atoms with Crippen LogP contribution in [0.25, 0.3) is 0 Å². The van der Waals surface area contributed by atoms with Gasteiger partial charge in [-0.2, -0.15) is 5.10 Å². The minimum atomic E-state index is 0.441. The molecule has 0 radical (unpaired) electrons. The standard InChI is InChI=1S/C10H17N3O/c1-8(2)13-5-9(4-12-13)3-11-10-6-14-7-10/h4-5,8,10-11H,3,6-7H2,1-2H3. The minimum Gasteiger partial charge on any atom is -0.378 e. The van der Waals surface area contributed by atoms with Crippen molar-refractivity contribution in [3.63, 3.8) is 0 Å². The smallest absolute Gasteiger partial charge is 0.0643 e. The minimum absolute atomic E-state index is 0.441. The topological polar surface area (TPSA) is 39.1 Å². The summed E-state index contributed by atoms with van der Waals surface area (Å²) in [6, 6.07) is 0.980. The Balaban J connectivity index is 1.83. The van der Waals surface area contributed by atoms with Crippen molar-refractivity contribution in [3.8, 4) is 0 Å². The summed E-state index contributed by atoms with van der Waals surface area (Å²) in [7, 11) is 0. The van der Waals surface area contributed by atoms with E-state index in [0.717, 1.165) is 19.8 Å². The van der Waals surface area contributed by atoms with Gasteiger partial charge in [-0.3, -0.25) is 4.68 Å². The van der Waals surface area contributed by atoms with Crippen molar-refractivity contribution in [1.29, 1.82) is 0 Å². The summed E-state index contributed by atoms with van der Waals surface area (Å²) in [5.41, 5.74) is 1.24. The van der Waals surface area contributed by atoms with Gasteiger partial charge < -0.3 is 10.1 Å². The van der Waals surface area contributed by atoms with Crippen molar-refractivity contribution in [2.75, 3.05) is 13.2 Å². The summed E-state index contributed by atoms with van der Waals surface area (Å²) < 4.78 is 7.06. The Bertz CT molecular complexity index is 291. The van der Waals surface area contributed by atoms with Crippen LogP contribution in [0.1, 0.15) is 25.5 Å². The highest BCUT2D eigenvalue weighted by molar-refractivity contribution is 5.04. The first kappa shape index (κ1) is 9.68. The van der Waals surface area contributed by atoms with E-state index >= 15 is 0 Å². The Morgan fingerprint density at radius 3 is 2.93 bits per heavy atom. The van der Waals surface area contributed by atoms with Gasteiger partial charge >= 0.3 is 0 Å². The number of ether oxygens (including phenoxy) is 1. The third-order valence-corrected chi connectivity index (χ3v) is 2.42. The van der Waals surface area contributed by atoms with Crippen LogP contribution in [0.2, 0.25) is 0 Å². The van der Waals surface area contributed by atoms with Crippen molar-refractivity contribution >= 4 is 0 Å². The molecule has 0 aliphatic carbocycles. The van der Waals surface area contributed by atoms with Gasteiger partial charge in [0.2, 0.25) is 0 Å². The lowest BCUT2D eigenvalue weighted by Crippen LogP contribution is -2.45. The third-order valence-electron chi connectivity index (χ3n) is 2.42. The van der Waals surface area contributed by atoms with E-state index in [-0.39, 0.29) is 0 Å². The molecule has 1 aromatic heterocycles. The molecule has 1 saturated heterocycles. The van der Waals surface area contributed by atoms with Crippen molar-refractivity contribution in [3.05, 3.63) is 18.0 Å². The molecule has 2 rings (SSSR count). The molecule has 14 heavy (non-hydrogen) atoms. The van der Waals surface area contributed by atoms with Gasteiger partial charge in [0.05, 0.1) is 25.5 Å². The fourth-order valence-electron chi connectivity index (χ4n) is 1.37. The maximum atomic E-state index is 5.08. The van der Waals surface area contributed by atoms with Crippen LogP contribution in [0.4, 0.5) is 0 Å². The predicted octanol–water partition coefficient (Wildman–Crippen LogP) is 0.952. The summed E-state index contributed by atoms with van der Waals surface area (Å²) in [6.07, 6.45) is 4.02. The van der Waals surface area contributed by atoms with Gasteiger partial charge in [0.1, 0.15) is 0 Å². The highest BCUT2D eigenvalue weighted by atomic mass is 16.5. The van der Waals surface area contributed by atoms with Gasteiger partial charge in [0, 0.05) is 24.3 Å². The Labute approximate surface area is 84.3 Å². The van der Waals surface area contributed by atoms with Crippen LogP contribution >= 0.6 is 0 Å². The lowest BCUT2D eigenvalue weighted by Gasteiger charge is -2.26. The van der Waals surface area contributed by atoms with Gasteiger partial charge in [0.15, 0.2) is 0 Å². The van der Waals surface area contributed by atoms with Gasteiger partial charge in [-0.1, -0.05) is 0 Å². The van der Waals surface area contributed by atoms with Gasteiger partial charge in [-0.25, -0.2) is 0 Å². The summed E-state index contributed by atoms with van der Waals surface area (Å²) in [5, 5.41) is 7.69. The molecule has 1 fully saturated rings. The van der Waals surface area contributed by atoms with Gasteiger partial charge in [0.25, 0.3) is 0 Å². The van der Waals surface area contributed by atoms with Crippen molar-refractivity contribution in [1.82, 2.24) is 15.1 Å². The molecule has 0 amide bonds. The van der Waals surface area contributed by atoms with E-state index in [9.17, 15) is 0 Å². The van der Waals surface area contributed by atoms with E-state index in [2.05, 4.69) is 30.5 Å². The second-order valence-corrected chi connectivity index (χ2v) is 4.04. The molecule has 2 heterocycles. The number of hydrogen-bond acceptors (Lipinski definition) is 3. The van der Waals surface area contributed by atoms with Crippen LogP contribution in [0.3, 0.4) is 0 Å². The van der Waals surface area contributed by atoms with E-state index in [4.69, 9.17) is 4.74 Å². The number of nitrogens with zero attached hydrogens (tertiary/aromatic N) is 2. The molecule has 0 atom stereocenters. The van der Waals surface area contributed by atoms with Crippen molar-refractivity contribution in [2.45, 2.75) is 32.5 Å². The Morgan fingerprint density at radius 2 is 2.43 bits per heavy atom. The molecule has 1 N–H and O–H groups in total. The molecular formula is C10H17N3O. The van der Waals surface area contributed by atoms with E-state index in [1.165, 1.54) is 5.56 Å². The largest absolute Gasteiger partial charge is 0.378 e. The molecule has 0 aromatic carbocycles. The Morgan fingerprint density at radius 1 is 1.64 bits per heavy atom. The first-order valence-corrected chi connectivity index (χ1v) is 5.10. The molecule has 1 aromatic rings. The van der Waals surface area contributed by atoms with Crippen LogP contribution in [-0.2, 0) is 11.3 Å². The average Bonchev–Trinajstić information content (AvgIpc) is 2.50. The Hall–Kier alpha value is -0.870. The molecule has 0 saturated carbocycles. The van der Waals surface area contributed by atoms with Crippen LogP contribution < -0.4 is 5.32 Å². The first-order valence-electron chi connectivity index (χ1n) is 5.10. The Kier molecular flexibility index (Phi) is 2.84. The quantitative estimate of drug-likeness (QED) is 0.777. The molecule has 0 bridgehead atoms. The fourth-order valence-corrected chi connectivity index (χ4v) is 1.37. The maximum absolute atomic E-state index is 5.08. The number of rotatable bonds is 4. The SMILES string of the molecule is CC(C)n1cc(CNC2COC2)cn1. The number of aromatic nitrogens is 2. The monoisotopic (exact) mass is 195 g/mol. The lowest BCUT2D eigenvalue weighted by molar-refractivity contribution is -0.00578. The summed E-state index contributed by atoms with van der Waals surface area (Å²) in [6.45, 7) is 6.84. The second kappa shape index (κ2) is 4.11. The van der Waals surface area contributed by atoms with Gasteiger partial charge in [-0.15, -0.1) is 0 Å². The first-order chi connectivity index (χ1) is 6.75. The number of hydrogen-bond donors (Lipinski definition) is 1. The van der Waals surface area contributed by atoms with Crippen LogP contribution in [0.5, 0.6) is 0 Å². The van der Waals surface area contributed by atoms with Crippen molar-refractivity contribution in [2.24, 2.45) is 0 Å². The van der Waals surface area contributed by atoms with Crippen LogP contribution in [0.15, 0.2) is 12.4 Å². The summed E-state index contributed by atoms with van der Waals surface area (Å²) >= 11 is 0. The summed E-state index contributed by atoms with van der Waals surface area (Å²) in [4.78, 5) is 0. The normalized spacial score (nSPS) is 17.4. The third kappa shape index (κ3) is 2.13. The molecule has 78 valence electrons. The molecule has 0 unspecified atom stereocenters. The van der Waals surface area contributed by atoms with E-state index in [0.29, 0.717) is 12.1 Å². The molecule has 1 aliphatic heterocycles. The maximum Gasteiger partial charge on any atom is 0.0643 e. The molecule has 0 spiro atoms. The van der Waals surface area contributed by atoms with E-state index in [1.807, 2.05) is 10.9 Å².